The number of aliphatic carboxylic acids is 1. The van der Waals surface area contributed by atoms with Crippen molar-refractivity contribution in [2.45, 2.75) is 66.1 Å². The number of halogens is 2. The first-order valence-corrected chi connectivity index (χ1v) is 19.0. The third-order valence-corrected chi connectivity index (χ3v) is 9.43. The summed E-state index contributed by atoms with van der Waals surface area (Å²) in [4.78, 5) is 64.0. The highest BCUT2D eigenvalue weighted by Crippen LogP contribution is 2.41. The number of aromatic nitrogens is 1. The highest BCUT2D eigenvalue weighted by molar-refractivity contribution is 7.99. The molecule has 54 heavy (non-hydrogen) atoms. The van der Waals surface area contributed by atoms with Crippen LogP contribution in [0.25, 0.3) is 11.1 Å². The number of carboxylic acids is 1. The molecule has 3 rings (SSSR count). The summed E-state index contributed by atoms with van der Waals surface area (Å²) in [5.41, 5.74) is 7.66. The van der Waals surface area contributed by atoms with E-state index < -0.39 is 46.9 Å². The maximum absolute atomic E-state index is 15.1. The summed E-state index contributed by atoms with van der Waals surface area (Å²) in [6.45, 7) is 9.71. The van der Waals surface area contributed by atoms with Crippen molar-refractivity contribution < 1.29 is 37.9 Å². The van der Waals surface area contributed by atoms with E-state index in [1.807, 2.05) is 55.7 Å². The predicted octanol–water partition coefficient (Wildman–Crippen LogP) is 4.33. The SMILES string of the molecule is CC(C)C(=O)NCC(=O)NC[C@@H](NC(=O)CCSCC(=O)N(CCCN)[C@@H](c1cc(-c2cc(F)ccc2F)cn1Cc1ccccc1)C(C)(C)C)C(=O)O. The van der Waals surface area contributed by atoms with Gasteiger partial charge in [0.15, 0.2) is 0 Å². The maximum Gasteiger partial charge on any atom is 0.328 e. The van der Waals surface area contributed by atoms with Gasteiger partial charge in [0, 0.05) is 60.7 Å². The molecule has 4 amide bonds. The van der Waals surface area contributed by atoms with Crippen molar-refractivity contribution in [2.75, 3.05) is 37.7 Å². The Balaban J connectivity index is 1.76. The van der Waals surface area contributed by atoms with Crippen LogP contribution in [0.1, 0.15) is 64.8 Å². The van der Waals surface area contributed by atoms with Gasteiger partial charge < -0.3 is 36.3 Å². The monoisotopic (exact) mass is 770 g/mol. The fraction of sp³-hybridized carbons (Fsp3) is 0.462. The highest BCUT2D eigenvalue weighted by Gasteiger charge is 2.37. The Morgan fingerprint density at radius 1 is 0.981 bits per heavy atom. The zero-order chi connectivity index (χ0) is 40.0. The van der Waals surface area contributed by atoms with E-state index in [1.165, 1.54) is 11.8 Å². The van der Waals surface area contributed by atoms with Gasteiger partial charge in [0.05, 0.1) is 18.3 Å². The molecule has 2 atom stereocenters. The lowest BCUT2D eigenvalue weighted by Gasteiger charge is -2.41. The van der Waals surface area contributed by atoms with Crippen molar-refractivity contribution in [3.05, 3.63) is 83.7 Å². The van der Waals surface area contributed by atoms with E-state index in [4.69, 9.17) is 5.73 Å². The summed E-state index contributed by atoms with van der Waals surface area (Å²) in [6, 6.07) is 12.9. The van der Waals surface area contributed by atoms with Gasteiger partial charge in [-0.05, 0) is 48.2 Å². The Morgan fingerprint density at radius 3 is 2.31 bits per heavy atom. The normalized spacial score (nSPS) is 12.5. The van der Waals surface area contributed by atoms with Gasteiger partial charge in [0.25, 0.3) is 0 Å². The molecule has 0 saturated heterocycles. The van der Waals surface area contributed by atoms with Crippen LogP contribution in [-0.2, 0) is 30.5 Å². The van der Waals surface area contributed by atoms with Crippen LogP contribution in [0.3, 0.4) is 0 Å². The predicted molar refractivity (Wildman–Crippen MR) is 205 cm³/mol. The molecule has 0 fully saturated rings. The van der Waals surface area contributed by atoms with Gasteiger partial charge in [-0.1, -0.05) is 65.0 Å². The molecule has 3 aromatic rings. The fourth-order valence-electron chi connectivity index (χ4n) is 5.79. The van der Waals surface area contributed by atoms with Gasteiger partial charge in [-0.15, -0.1) is 0 Å². The molecule has 294 valence electrons. The molecular weight excluding hydrogens is 719 g/mol. The molecule has 0 saturated carbocycles. The zero-order valence-electron chi connectivity index (χ0n) is 31.5. The zero-order valence-corrected chi connectivity index (χ0v) is 32.3. The van der Waals surface area contributed by atoms with Crippen LogP contribution < -0.4 is 21.7 Å². The van der Waals surface area contributed by atoms with E-state index in [1.54, 1.807) is 31.0 Å². The molecule has 2 aromatic carbocycles. The molecule has 15 heteroatoms. The molecule has 0 aliphatic carbocycles. The van der Waals surface area contributed by atoms with Gasteiger partial charge in [0.1, 0.15) is 17.7 Å². The number of nitrogens with two attached hydrogens (primary N) is 1. The summed E-state index contributed by atoms with van der Waals surface area (Å²) in [5.74, 6) is -4.32. The number of benzene rings is 2. The van der Waals surface area contributed by atoms with Crippen LogP contribution in [0.5, 0.6) is 0 Å². The Labute approximate surface area is 319 Å². The summed E-state index contributed by atoms with van der Waals surface area (Å²) in [7, 11) is 0. The van der Waals surface area contributed by atoms with Crippen molar-refractivity contribution >= 4 is 41.4 Å². The topological polar surface area (TPSA) is 176 Å². The Bertz CT molecular complexity index is 1750. The van der Waals surface area contributed by atoms with Crippen molar-refractivity contribution in [2.24, 2.45) is 17.1 Å². The lowest BCUT2D eigenvalue weighted by Crippen LogP contribution is -2.50. The van der Waals surface area contributed by atoms with Crippen LogP contribution in [0.2, 0.25) is 0 Å². The summed E-state index contributed by atoms with van der Waals surface area (Å²) in [6.07, 6.45) is 2.19. The Kier molecular flexibility index (Phi) is 16.7. The summed E-state index contributed by atoms with van der Waals surface area (Å²) >= 11 is 1.21. The third kappa shape index (κ3) is 13.3. The number of nitrogens with zero attached hydrogens (tertiary/aromatic N) is 2. The average molecular weight is 771 g/mol. The first kappa shape index (κ1) is 43.6. The lowest BCUT2D eigenvalue weighted by molar-refractivity contribution is -0.141. The first-order valence-electron chi connectivity index (χ1n) is 17.8. The number of carbonyl (C=O) groups excluding carboxylic acids is 4. The van der Waals surface area contributed by atoms with Crippen molar-refractivity contribution in [3.63, 3.8) is 0 Å². The third-order valence-electron chi connectivity index (χ3n) is 8.48. The second kappa shape index (κ2) is 20.6. The molecule has 0 unspecified atom stereocenters. The minimum Gasteiger partial charge on any atom is -0.480 e. The number of carbonyl (C=O) groups is 5. The molecule has 0 radical (unpaired) electrons. The van der Waals surface area contributed by atoms with Gasteiger partial charge in [-0.3, -0.25) is 19.2 Å². The molecule has 1 aromatic heterocycles. The minimum atomic E-state index is -1.40. The largest absolute Gasteiger partial charge is 0.480 e. The molecule has 0 aliphatic heterocycles. The number of nitrogens with one attached hydrogen (secondary N) is 3. The standard InChI is InChI=1S/C39H52F2N6O6S/c1-25(2)37(51)44-21-34(49)43-20-31(38(52)53)45-33(48)14-17-54-24-35(50)47(16-9-15-42)36(39(3,4)5)32-18-27(29-19-28(40)12-13-30(29)41)23-46(32)22-26-10-7-6-8-11-26/h6-8,10-13,18-19,23,25,31,36H,9,14-17,20-22,24,42H2,1-5H3,(H,43,49)(H,44,51)(H,45,48)(H,52,53)/t31-,36+/m1/s1. The molecule has 1 heterocycles. The lowest BCUT2D eigenvalue weighted by atomic mass is 9.83. The molecule has 0 bridgehead atoms. The van der Waals surface area contributed by atoms with Crippen LogP contribution in [0.15, 0.2) is 60.8 Å². The first-order chi connectivity index (χ1) is 25.5. The molecule has 6 N–H and O–H groups in total. The van der Waals surface area contributed by atoms with Crippen molar-refractivity contribution in [3.8, 4) is 11.1 Å². The van der Waals surface area contributed by atoms with Gasteiger partial charge in [-0.2, -0.15) is 11.8 Å². The molecule has 12 nitrogen and oxygen atoms in total. The fourth-order valence-corrected chi connectivity index (χ4v) is 6.61. The second-order valence-electron chi connectivity index (χ2n) is 14.3. The van der Waals surface area contributed by atoms with Crippen LogP contribution in [0, 0.1) is 23.0 Å². The number of rotatable bonds is 20. The van der Waals surface area contributed by atoms with Gasteiger partial charge in [-0.25, -0.2) is 13.6 Å². The maximum atomic E-state index is 15.1. The average Bonchev–Trinajstić information content (AvgIpc) is 3.51. The Hall–Kier alpha value is -4.76. The van der Waals surface area contributed by atoms with E-state index >= 15 is 4.39 Å². The van der Waals surface area contributed by atoms with E-state index in [2.05, 4.69) is 16.0 Å². The van der Waals surface area contributed by atoms with E-state index in [0.717, 1.165) is 29.5 Å². The summed E-state index contributed by atoms with van der Waals surface area (Å²) < 4.78 is 31.3. The number of thioether (sulfide) groups is 1. The van der Waals surface area contributed by atoms with Crippen molar-refractivity contribution in [1.82, 2.24) is 25.4 Å². The van der Waals surface area contributed by atoms with Crippen molar-refractivity contribution in [1.29, 1.82) is 0 Å². The number of carboxylic acid groups (broad SMARTS) is 1. The van der Waals surface area contributed by atoms with Crippen LogP contribution in [-0.4, -0.2) is 87.9 Å². The quantitative estimate of drug-likeness (QED) is 0.106. The number of hydrogen-bond acceptors (Lipinski definition) is 7. The van der Waals surface area contributed by atoms with Crippen LogP contribution >= 0.6 is 11.8 Å². The van der Waals surface area contributed by atoms with E-state index in [9.17, 15) is 33.5 Å². The number of hydrogen-bond donors (Lipinski definition) is 5. The summed E-state index contributed by atoms with van der Waals surface area (Å²) in [5, 5.41) is 16.8. The smallest absolute Gasteiger partial charge is 0.328 e. The van der Waals surface area contributed by atoms with Gasteiger partial charge in [0.2, 0.25) is 23.6 Å². The second-order valence-corrected chi connectivity index (χ2v) is 15.4. The van der Waals surface area contributed by atoms with Crippen LogP contribution in [0.4, 0.5) is 8.78 Å². The van der Waals surface area contributed by atoms with Gasteiger partial charge >= 0.3 is 5.97 Å². The van der Waals surface area contributed by atoms with E-state index in [0.29, 0.717) is 31.6 Å². The number of amides is 4. The van der Waals surface area contributed by atoms with E-state index in [-0.39, 0.29) is 54.3 Å². The molecule has 0 aliphatic rings. The Morgan fingerprint density at radius 2 is 1.69 bits per heavy atom. The molecular formula is C39H52F2N6O6S. The minimum absolute atomic E-state index is 0.00964. The highest BCUT2D eigenvalue weighted by atomic mass is 32.2. The molecule has 0 spiro atoms.